The van der Waals surface area contributed by atoms with Crippen LogP contribution in [0.25, 0.3) is 0 Å². The van der Waals surface area contributed by atoms with Crippen LogP contribution in [0.3, 0.4) is 0 Å². The Labute approximate surface area is 116 Å². The summed E-state index contributed by atoms with van der Waals surface area (Å²) in [6.45, 7) is 7.44. The lowest BCUT2D eigenvalue weighted by Crippen LogP contribution is -2.25. The van der Waals surface area contributed by atoms with Crippen molar-refractivity contribution in [3.8, 4) is 0 Å². The highest BCUT2D eigenvalue weighted by molar-refractivity contribution is 7.89. The molecule has 0 saturated carbocycles. The van der Waals surface area contributed by atoms with E-state index in [0.717, 1.165) is 19.4 Å². The van der Waals surface area contributed by atoms with Crippen LogP contribution in [0.5, 0.6) is 0 Å². The van der Waals surface area contributed by atoms with Gasteiger partial charge in [0.15, 0.2) is 0 Å². The third-order valence-electron chi connectivity index (χ3n) is 3.06. The topological polar surface area (TPSA) is 58.2 Å². The molecule has 0 aromatic heterocycles. The van der Waals surface area contributed by atoms with Gasteiger partial charge in [-0.2, -0.15) is 0 Å². The predicted molar refractivity (Wildman–Crippen MR) is 79.9 cm³/mol. The molecule has 0 heterocycles. The van der Waals surface area contributed by atoms with Crippen LogP contribution in [0.4, 0.5) is 5.69 Å². The summed E-state index contributed by atoms with van der Waals surface area (Å²) in [5.74, 6) is 0.513. The first-order valence-electron chi connectivity index (χ1n) is 6.83. The van der Waals surface area contributed by atoms with Crippen LogP contribution in [0.1, 0.15) is 33.6 Å². The number of hydrogen-bond donors (Lipinski definition) is 2. The Morgan fingerprint density at radius 3 is 2.53 bits per heavy atom. The average Bonchev–Trinajstić information content (AvgIpc) is 2.42. The minimum Gasteiger partial charge on any atom is -0.384 e. The molecule has 0 radical (unpaired) electrons. The zero-order valence-electron chi connectivity index (χ0n) is 11.9. The maximum Gasteiger partial charge on any atom is 0.242 e. The van der Waals surface area contributed by atoms with Crippen molar-refractivity contribution in [3.63, 3.8) is 0 Å². The first kappa shape index (κ1) is 16.0. The molecule has 1 aromatic carbocycles. The highest BCUT2D eigenvalue weighted by Gasteiger charge is 2.17. The fraction of sp³-hybridized carbons (Fsp3) is 0.571. The van der Waals surface area contributed by atoms with E-state index < -0.39 is 10.0 Å². The molecular weight excluding hydrogens is 260 g/mol. The van der Waals surface area contributed by atoms with Gasteiger partial charge < -0.3 is 5.32 Å². The number of para-hydroxylation sites is 1. The Morgan fingerprint density at radius 1 is 1.21 bits per heavy atom. The molecule has 0 aliphatic carbocycles. The van der Waals surface area contributed by atoms with E-state index in [1.807, 2.05) is 19.1 Å². The maximum atomic E-state index is 12.2. The third kappa shape index (κ3) is 4.84. The van der Waals surface area contributed by atoms with E-state index in [1.165, 1.54) is 0 Å². The van der Waals surface area contributed by atoms with Gasteiger partial charge in [0.05, 0.1) is 5.69 Å². The number of nitrogens with one attached hydrogen (secondary N) is 2. The molecule has 0 aliphatic heterocycles. The molecule has 1 rings (SSSR count). The van der Waals surface area contributed by atoms with Crippen LogP contribution in [-0.2, 0) is 10.0 Å². The van der Waals surface area contributed by atoms with E-state index in [2.05, 4.69) is 23.9 Å². The van der Waals surface area contributed by atoms with Gasteiger partial charge in [0.2, 0.25) is 10.0 Å². The first-order valence-corrected chi connectivity index (χ1v) is 8.32. The molecule has 5 heteroatoms. The Hall–Kier alpha value is -1.07. The van der Waals surface area contributed by atoms with E-state index in [4.69, 9.17) is 0 Å². The van der Waals surface area contributed by atoms with Crippen molar-refractivity contribution in [2.24, 2.45) is 5.92 Å². The predicted octanol–water partition coefficient (Wildman–Crippen LogP) is 2.83. The van der Waals surface area contributed by atoms with Crippen molar-refractivity contribution >= 4 is 15.7 Å². The standard InChI is InChI=1S/C14H24N2O2S/c1-4-10-16-19(17,18)14-9-7-6-8-13(14)15-11-12(3)5-2/h6-9,12,15-16H,4-5,10-11H2,1-3H3. The van der Waals surface area contributed by atoms with Crippen molar-refractivity contribution in [3.05, 3.63) is 24.3 Å². The van der Waals surface area contributed by atoms with Gasteiger partial charge in [-0.3, -0.25) is 0 Å². The average molecular weight is 284 g/mol. The SMILES string of the molecule is CCCNS(=O)(=O)c1ccccc1NCC(C)CC. The number of hydrogen-bond acceptors (Lipinski definition) is 3. The summed E-state index contributed by atoms with van der Waals surface area (Å²) in [5, 5.41) is 3.23. The molecule has 108 valence electrons. The van der Waals surface area contributed by atoms with Gasteiger partial charge in [0.25, 0.3) is 0 Å². The monoisotopic (exact) mass is 284 g/mol. The van der Waals surface area contributed by atoms with Crippen molar-refractivity contribution in [1.82, 2.24) is 4.72 Å². The van der Waals surface area contributed by atoms with E-state index in [-0.39, 0.29) is 0 Å². The summed E-state index contributed by atoms with van der Waals surface area (Å²) in [4.78, 5) is 0.326. The van der Waals surface area contributed by atoms with Gasteiger partial charge in [0, 0.05) is 13.1 Å². The summed E-state index contributed by atoms with van der Waals surface area (Å²) in [6, 6.07) is 7.03. The molecule has 1 atom stereocenters. The van der Waals surface area contributed by atoms with Gasteiger partial charge in [0.1, 0.15) is 4.90 Å². The quantitative estimate of drug-likeness (QED) is 0.771. The smallest absolute Gasteiger partial charge is 0.242 e. The summed E-state index contributed by atoms with van der Waals surface area (Å²) in [7, 11) is -3.42. The van der Waals surface area contributed by atoms with Crippen molar-refractivity contribution in [2.75, 3.05) is 18.4 Å². The fourth-order valence-electron chi connectivity index (χ4n) is 1.59. The van der Waals surface area contributed by atoms with E-state index in [9.17, 15) is 8.42 Å². The normalized spacial score (nSPS) is 13.2. The van der Waals surface area contributed by atoms with Gasteiger partial charge >= 0.3 is 0 Å². The Kier molecular flexibility index (Phi) is 6.31. The molecule has 1 aromatic rings. The minimum atomic E-state index is -3.42. The van der Waals surface area contributed by atoms with Gasteiger partial charge in [-0.1, -0.05) is 39.3 Å². The molecular formula is C14H24N2O2S. The molecule has 0 spiro atoms. The number of anilines is 1. The minimum absolute atomic E-state index is 0.326. The lowest BCUT2D eigenvalue weighted by molar-refractivity contribution is 0.579. The highest BCUT2D eigenvalue weighted by atomic mass is 32.2. The number of rotatable bonds is 8. The molecule has 0 amide bonds. The van der Waals surface area contributed by atoms with Crippen LogP contribution in [0.2, 0.25) is 0 Å². The second-order valence-electron chi connectivity index (χ2n) is 4.79. The summed E-state index contributed by atoms with van der Waals surface area (Å²) < 4.78 is 26.9. The summed E-state index contributed by atoms with van der Waals surface area (Å²) in [6.07, 6.45) is 1.84. The largest absolute Gasteiger partial charge is 0.384 e. The molecule has 0 fully saturated rings. The number of benzene rings is 1. The number of sulfonamides is 1. The summed E-state index contributed by atoms with van der Waals surface area (Å²) in [5.41, 5.74) is 0.673. The van der Waals surface area contributed by atoms with Crippen LogP contribution in [0.15, 0.2) is 29.2 Å². The van der Waals surface area contributed by atoms with Crippen molar-refractivity contribution < 1.29 is 8.42 Å². The molecule has 4 nitrogen and oxygen atoms in total. The molecule has 2 N–H and O–H groups in total. The van der Waals surface area contributed by atoms with Gasteiger partial charge in [-0.25, -0.2) is 13.1 Å². The Balaban J connectivity index is 2.89. The molecule has 0 bridgehead atoms. The van der Waals surface area contributed by atoms with Crippen molar-refractivity contribution in [2.45, 2.75) is 38.5 Å². The van der Waals surface area contributed by atoms with E-state index in [1.54, 1.807) is 12.1 Å². The fourth-order valence-corrected chi connectivity index (χ4v) is 2.91. The molecule has 1 unspecified atom stereocenters. The molecule has 0 aliphatic rings. The van der Waals surface area contributed by atoms with Gasteiger partial charge in [-0.05, 0) is 24.5 Å². The van der Waals surface area contributed by atoms with E-state index >= 15 is 0 Å². The highest BCUT2D eigenvalue weighted by Crippen LogP contribution is 2.21. The zero-order chi connectivity index (χ0) is 14.3. The van der Waals surface area contributed by atoms with Crippen LogP contribution in [0, 0.1) is 5.92 Å². The second-order valence-corrected chi connectivity index (χ2v) is 6.52. The third-order valence-corrected chi connectivity index (χ3v) is 4.58. The first-order chi connectivity index (χ1) is 9.01. The van der Waals surface area contributed by atoms with E-state index in [0.29, 0.717) is 23.0 Å². The van der Waals surface area contributed by atoms with Gasteiger partial charge in [-0.15, -0.1) is 0 Å². The lowest BCUT2D eigenvalue weighted by atomic mass is 10.1. The summed E-state index contributed by atoms with van der Waals surface area (Å²) >= 11 is 0. The Bertz CT molecular complexity index is 486. The second kappa shape index (κ2) is 7.50. The molecule has 19 heavy (non-hydrogen) atoms. The van der Waals surface area contributed by atoms with Crippen LogP contribution in [-0.4, -0.2) is 21.5 Å². The lowest BCUT2D eigenvalue weighted by Gasteiger charge is -2.15. The van der Waals surface area contributed by atoms with Crippen molar-refractivity contribution in [1.29, 1.82) is 0 Å². The van der Waals surface area contributed by atoms with Crippen LogP contribution >= 0.6 is 0 Å². The van der Waals surface area contributed by atoms with Crippen LogP contribution < -0.4 is 10.0 Å². The zero-order valence-corrected chi connectivity index (χ0v) is 12.8. The Morgan fingerprint density at radius 2 is 1.89 bits per heavy atom. The molecule has 0 saturated heterocycles. The maximum absolute atomic E-state index is 12.2.